The van der Waals surface area contributed by atoms with Crippen LogP contribution in [0.25, 0.3) is 0 Å². The molecule has 1 aliphatic rings. The summed E-state index contributed by atoms with van der Waals surface area (Å²) in [5.41, 5.74) is 6.92. The van der Waals surface area contributed by atoms with Crippen molar-refractivity contribution in [2.75, 3.05) is 7.05 Å². The molecule has 0 atom stereocenters. The summed E-state index contributed by atoms with van der Waals surface area (Å²) >= 11 is 0. The van der Waals surface area contributed by atoms with Crippen LogP contribution < -0.4 is 5.73 Å². The second-order valence-corrected chi connectivity index (χ2v) is 5.47. The number of carbonyl (C=O) groups is 1. The number of nitrogens with two attached hydrogens (primary N) is 1. The van der Waals surface area contributed by atoms with Crippen molar-refractivity contribution in [3.05, 3.63) is 35.1 Å². The summed E-state index contributed by atoms with van der Waals surface area (Å²) in [4.78, 5) is 14.0. The number of amides is 1. The third kappa shape index (κ3) is 3.13. The van der Waals surface area contributed by atoms with Gasteiger partial charge in [0.05, 0.1) is 5.56 Å². The van der Waals surface area contributed by atoms with E-state index in [0.29, 0.717) is 0 Å². The smallest absolute Gasteiger partial charge is 0.256 e. The molecular weight excluding hydrogens is 243 g/mol. The molecule has 0 aromatic heterocycles. The molecule has 0 heterocycles. The van der Waals surface area contributed by atoms with E-state index in [0.717, 1.165) is 31.2 Å². The predicted molar refractivity (Wildman–Crippen MR) is 73.5 cm³/mol. The molecular formula is C15H21FN2O. The van der Waals surface area contributed by atoms with E-state index in [9.17, 15) is 9.18 Å². The van der Waals surface area contributed by atoms with Crippen LogP contribution in [0.3, 0.4) is 0 Å². The van der Waals surface area contributed by atoms with Crippen LogP contribution in [0.5, 0.6) is 0 Å². The van der Waals surface area contributed by atoms with Crippen molar-refractivity contribution in [2.45, 2.75) is 44.7 Å². The first kappa shape index (κ1) is 14.0. The minimum atomic E-state index is -0.449. The van der Waals surface area contributed by atoms with Crippen LogP contribution in [0.15, 0.2) is 18.2 Å². The zero-order chi connectivity index (χ0) is 14.0. The van der Waals surface area contributed by atoms with Gasteiger partial charge in [-0.1, -0.05) is 11.6 Å². The van der Waals surface area contributed by atoms with Crippen LogP contribution in [0.1, 0.15) is 41.6 Å². The molecule has 104 valence electrons. The summed E-state index contributed by atoms with van der Waals surface area (Å²) < 4.78 is 13.7. The van der Waals surface area contributed by atoms with Crippen LogP contribution in [-0.4, -0.2) is 29.9 Å². The number of carbonyl (C=O) groups excluding carboxylic acids is 1. The number of halogens is 1. The Kier molecular flexibility index (Phi) is 4.20. The fourth-order valence-corrected chi connectivity index (χ4v) is 2.65. The van der Waals surface area contributed by atoms with Crippen molar-refractivity contribution in [3.63, 3.8) is 0 Å². The summed E-state index contributed by atoms with van der Waals surface area (Å²) in [7, 11) is 1.76. The zero-order valence-electron chi connectivity index (χ0n) is 11.5. The molecule has 4 heteroatoms. The molecule has 1 aliphatic carbocycles. The van der Waals surface area contributed by atoms with E-state index in [-0.39, 0.29) is 23.6 Å². The Labute approximate surface area is 113 Å². The summed E-state index contributed by atoms with van der Waals surface area (Å²) in [5, 5.41) is 0. The van der Waals surface area contributed by atoms with Crippen molar-refractivity contribution in [1.82, 2.24) is 4.90 Å². The fraction of sp³-hybridized carbons (Fsp3) is 0.533. The third-order valence-corrected chi connectivity index (χ3v) is 3.96. The largest absolute Gasteiger partial charge is 0.339 e. The lowest BCUT2D eigenvalue weighted by Crippen LogP contribution is -2.42. The lowest BCUT2D eigenvalue weighted by molar-refractivity contribution is 0.0685. The fourth-order valence-electron chi connectivity index (χ4n) is 2.65. The number of hydrogen-bond acceptors (Lipinski definition) is 2. The SMILES string of the molecule is Cc1ccc(F)c(C(=O)N(C)C2CCC(N)CC2)c1. The molecule has 1 aromatic carbocycles. The van der Waals surface area contributed by atoms with E-state index in [1.54, 1.807) is 24.1 Å². The predicted octanol–water partition coefficient (Wildman–Crippen LogP) is 2.48. The summed E-state index contributed by atoms with van der Waals surface area (Å²) in [6.07, 6.45) is 3.66. The molecule has 0 spiro atoms. The molecule has 0 saturated heterocycles. The van der Waals surface area contributed by atoms with Gasteiger partial charge in [-0.25, -0.2) is 4.39 Å². The maximum atomic E-state index is 13.7. The van der Waals surface area contributed by atoms with Gasteiger partial charge in [-0.2, -0.15) is 0 Å². The first-order valence-corrected chi connectivity index (χ1v) is 6.78. The maximum Gasteiger partial charge on any atom is 0.256 e. The third-order valence-electron chi connectivity index (χ3n) is 3.96. The van der Waals surface area contributed by atoms with Gasteiger partial charge in [-0.15, -0.1) is 0 Å². The molecule has 0 aliphatic heterocycles. The first-order valence-electron chi connectivity index (χ1n) is 6.78. The van der Waals surface area contributed by atoms with Gasteiger partial charge in [0.1, 0.15) is 5.82 Å². The Balaban J connectivity index is 2.12. The van der Waals surface area contributed by atoms with Gasteiger partial charge in [-0.05, 0) is 44.7 Å². The molecule has 0 bridgehead atoms. The van der Waals surface area contributed by atoms with Crippen LogP contribution in [-0.2, 0) is 0 Å². The van der Waals surface area contributed by atoms with E-state index in [4.69, 9.17) is 5.73 Å². The van der Waals surface area contributed by atoms with Gasteiger partial charge in [0.2, 0.25) is 0 Å². The van der Waals surface area contributed by atoms with E-state index in [2.05, 4.69) is 0 Å². The lowest BCUT2D eigenvalue weighted by atomic mass is 9.90. The van der Waals surface area contributed by atoms with Crippen molar-refractivity contribution in [1.29, 1.82) is 0 Å². The van der Waals surface area contributed by atoms with E-state index < -0.39 is 5.82 Å². The second kappa shape index (κ2) is 5.70. The Morgan fingerprint density at radius 1 is 1.32 bits per heavy atom. The molecule has 2 rings (SSSR count). The Hall–Kier alpha value is -1.42. The van der Waals surface area contributed by atoms with Gasteiger partial charge < -0.3 is 10.6 Å². The van der Waals surface area contributed by atoms with Crippen molar-refractivity contribution < 1.29 is 9.18 Å². The van der Waals surface area contributed by atoms with Crippen molar-refractivity contribution in [3.8, 4) is 0 Å². The van der Waals surface area contributed by atoms with Crippen molar-refractivity contribution in [2.24, 2.45) is 5.73 Å². The lowest BCUT2D eigenvalue weighted by Gasteiger charge is -2.33. The molecule has 19 heavy (non-hydrogen) atoms. The van der Waals surface area contributed by atoms with E-state index >= 15 is 0 Å². The topological polar surface area (TPSA) is 46.3 Å². The summed E-state index contributed by atoms with van der Waals surface area (Å²) in [5.74, 6) is -0.684. The number of benzene rings is 1. The molecule has 1 saturated carbocycles. The zero-order valence-corrected chi connectivity index (χ0v) is 11.5. The molecule has 2 N–H and O–H groups in total. The standard InChI is InChI=1S/C15H21FN2O/c1-10-3-8-14(16)13(9-10)15(19)18(2)12-6-4-11(17)5-7-12/h3,8-9,11-12H,4-7,17H2,1-2H3. The van der Waals surface area contributed by atoms with Gasteiger partial charge in [0, 0.05) is 19.1 Å². The Morgan fingerprint density at radius 2 is 1.95 bits per heavy atom. The molecule has 0 unspecified atom stereocenters. The second-order valence-electron chi connectivity index (χ2n) is 5.47. The van der Waals surface area contributed by atoms with Gasteiger partial charge in [0.25, 0.3) is 5.91 Å². The van der Waals surface area contributed by atoms with Gasteiger partial charge in [-0.3, -0.25) is 4.79 Å². The van der Waals surface area contributed by atoms with Crippen molar-refractivity contribution >= 4 is 5.91 Å². The Morgan fingerprint density at radius 3 is 2.58 bits per heavy atom. The highest BCUT2D eigenvalue weighted by Gasteiger charge is 2.26. The summed E-state index contributed by atoms with van der Waals surface area (Å²) in [6, 6.07) is 5.06. The highest BCUT2D eigenvalue weighted by Crippen LogP contribution is 2.23. The maximum absolute atomic E-state index is 13.7. The molecule has 0 radical (unpaired) electrons. The van der Waals surface area contributed by atoms with Crippen LogP contribution >= 0.6 is 0 Å². The van der Waals surface area contributed by atoms with Crippen LogP contribution in [0.4, 0.5) is 4.39 Å². The molecule has 1 fully saturated rings. The molecule has 3 nitrogen and oxygen atoms in total. The van der Waals surface area contributed by atoms with Gasteiger partial charge >= 0.3 is 0 Å². The highest BCUT2D eigenvalue weighted by atomic mass is 19.1. The number of hydrogen-bond donors (Lipinski definition) is 1. The quantitative estimate of drug-likeness (QED) is 0.892. The average molecular weight is 264 g/mol. The van der Waals surface area contributed by atoms with Crippen LogP contribution in [0.2, 0.25) is 0 Å². The minimum absolute atomic E-state index is 0.164. The summed E-state index contributed by atoms with van der Waals surface area (Å²) in [6.45, 7) is 1.86. The monoisotopic (exact) mass is 264 g/mol. The minimum Gasteiger partial charge on any atom is -0.339 e. The first-order chi connectivity index (χ1) is 8.99. The Bertz CT molecular complexity index is 467. The van der Waals surface area contributed by atoms with Crippen LogP contribution in [0, 0.1) is 12.7 Å². The average Bonchev–Trinajstić information content (AvgIpc) is 2.41. The number of nitrogens with zero attached hydrogens (tertiary/aromatic N) is 1. The number of rotatable bonds is 2. The molecule has 1 aromatic rings. The number of aryl methyl sites for hydroxylation is 1. The van der Waals surface area contributed by atoms with E-state index in [1.807, 2.05) is 6.92 Å². The highest BCUT2D eigenvalue weighted by molar-refractivity contribution is 5.94. The normalized spacial score (nSPS) is 23.2. The van der Waals surface area contributed by atoms with E-state index in [1.165, 1.54) is 6.07 Å². The van der Waals surface area contributed by atoms with Gasteiger partial charge in [0.15, 0.2) is 0 Å². The molecule has 1 amide bonds.